The standard InChI is InChI=1S/C23H28N4O3S/c28-22(24-8-4-9-27-10-12-30-13-11-27)20(26-23(29)21-7-3-14-31-21)15-17-16-25-19-6-2-1-5-18(17)19/h1-3,5-7,14,16,20,25H,4,8-13,15H2,(H,24,28)(H,26,29). The highest BCUT2D eigenvalue weighted by Crippen LogP contribution is 2.19. The van der Waals surface area contributed by atoms with Crippen LogP contribution in [-0.4, -0.2) is 67.1 Å². The van der Waals surface area contributed by atoms with Gasteiger partial charge in [-0.2, -0.15) is 0 Å². The highest BCUT2D eigenvalue weighted by molar-refractivity contribution is 7.12. The van der Waals surface area contributed by atoms with Crippen LogP contribution in [-0.2, 0) is 16.0 Å². The Morgan fingerprint density at radius 1 is 1.16 bits per heavy atom. The number of benzene rings is 1. The number of nitrogens with one attached hydrogen (secondary N) is 3. The summed E-state index contributed by atoms with van der Waals surface area (Å²) >= 11 is 1.37. The fraction of sp³-hybridized carbons (Fsp3) is 0.391. The van der Waals surface area contributed by atoms with E-state index in [1.807, 2.05) is 41.9 Å². The van der Waals surface area contributed by atoms with Crippen LogP contribution in [0.3, 0.4) is 0 Å². The number of morpholine rings is 1. The zero-order valence-corrected chi connectivity index (χ0v) is 18.2. The Morgan fingerprint density at radius 3 is 2.81 bits per heavy atom. The van der Waals surface area contributed by atoms with Gasteiger partial charge in [-0.05, 0) is 36.0 Å². The van der Waals surface area contributed by atoms with Gasteiger partial charge in [-0.15, -0.1) is 11.3 Å². The second-order valence-corrected chi connectivity index (χ2v) is 8.61. The molecule has 1 unspecified atom stereocenters. The number of carbonyl (C=O) groups excluding carboxylic acids is 2. The van der Waals surface area contributed by atoms with Crippen molar-refractivity contribution >= 4 is 34.1 Å². The van der Waals surface area contributed by atoms with Crippen molar-refractivity contribution in [3.05, 3.63) is 58.4 Å². The van der Waals surface area contributed by atoms with Crippen molar-refractivity contribution < 1.29 is 14.3 Å². The summed E-state index contributed by atoms with van der Waals surface area (Å²) in [5.41, 5.74) is 2.03. The molecule has 0 radical (unpaired) electrons. The van der Waals surface area contributed by atoms with Gasteiger partial charge in [0.1, 0.15) is 6.04 Å². The average Bonchev–Trinajstić information content (AvgIpc) is 3.47. The summed E-state index contributed by atoms with van der Waals surface area (Å²) < 4.78 is 5.37. The number of amides is 2. The number of para-hydroxylation sites is 1. The van der Waals surface area contributed by atoms with Crippen LogP contribution in [0.5, 0.6) is 0 Å². The Bertz CT molecular complexity index is 995. The van der Waals surface area contributed by atoms with Crippen molar-refractivity contribution in [2.45, 2.75) is 18.9 Å². The number of fused-ring (bicyclic) bond motifs is 1. The maximum atomic E-state index is 13.0. The van der Waals surface area contributed by atoms with Gasteiger partial charge in [-0.1, -0.05) is 24.3 Å². The quantitative estimate of drug-likeness (QED) is 0.446. The predicted molar refractivity (Wildman–Crippen MR) is 122 cm³/mol. The van der Waals surface area contributed by atoms with Crippen molar-refractivity contribution in [1.29, 1.82) is 0 Å². The summed E-state index contributed by atoms with van der Waals surface area (Å²) in [6, 6.07) is 10.9. The lowest BCUT2D eigenvalue weighted by molar-refractivity contribution is -0.123. The van der Waals surface area contributed by atoms with Gasteiger partial charge < -0.3 is 20.4 Å². The van der Waals surface area contributed by atoms with Crippen LogP contribution in [0.2, 0.25) is 0 Å². The number of hydrogen-bond donors (Lipinski definition) is 3. The Balaban J connectivity index is 1.38. The summed E-state index contributed by atoms with van der Waals surface area (Å²) in [6.07, 6.45) is 3.21. The molecule has 0 aliphatic carbocycles. The van der Waals surface area contributed by atoms with E-state index < -0.39 is 6.04 Å². The maximum Gasteiger partial charge on any atom is 0.262 e. The molecule has 164 valence electrons. The Hall–Kier alpha value is -2.68. The van der Waals surface area contributed by atoms with Gasteiger partial charge in [0.2, 0.25) is 5.91 Å². The zero-order chi connectivity index (χ0) is 21.5. The first kappa shape index (κ1) is 21.5. The molecule has 3 heterocycles. The van der Waals surface area contributed by atoms with E-state index in [2.05, 4.69) is 20.5 Å². The monoisotopic (exact) mass is 440 g/mol. The third-order valence-corrected chi connectivity index (χ3v) is 6.39. The second kappa shape index (κ2) is 10.6. The molecule has 1 aliphatic rings. The lowest BCUT2D eigenvalue weighted by atomic mass is 10.0. The molecule has 1 fully saturated rings. The number of carbonyl (C=O) groups is 2. The highest BCUT2D eigenvalue weighted by atomic mass is 32.1. The first-order chi connectivity index (χ1) is 15.2. The molecule has 7 nitrogen and oxygen atoms in total. The molecule has 3 N–H and O–H groups in total. The number of aromatic nitrogens is 1. The van der Waals surface area contributed by atoms with Crippen LogP contribution in [0.4, 0.5) is 0 Å². The lowest BCUT2D eigenvalue weighted by Crippen LogP contribution is -2.48. The van der Waals surface area contributed by atoms with E-state index >= 15 is 0 Å². The van der Waals surface area contributed by atoms with Crippen LogP contribution >= 0.6 is 11.3 Å². The molecule has 31 heavy (non-hydrogen) atoms. The number of aromatic amines is 1. The van der Waals surface area contributed by atoms with Gasteiger partial charge in [0.05, 0.1) is 18.1 Å². The highest BCUT2D eigenvalue weighted by Gasteiger charge is 2.23. The minimum Gasteiger partial charge on any atom is -0.379 e. The molecule has 0 bridgehead atoms. The maximum absolute atomic E-state index is 13.0. The Kier molecular flexibility index (Phi) is 7.35. The molecular weight excluding hydrogens is 412 g/mol. The molecule has 1 aliphatic heterocycles. The van der Waals surface area contributed by atoms with Crippen LogP contribution in [0.15, 0.2) is 48.0 Å². The third kappa shape index (κ3) is 5.72. The van der Waals surface area contributed by atoms with E-state index in [4.69, 9.17) is 4.74 Å². The van der Waals surface area contributed by atoms with E-state index in [-0.39, 0.29) is 11.8 Å². The van der Waals surface area contributed by atoms with Crippen LogP contribution < -0.4 is 10.6 Å². The van der Waals surface area contributed by atoms with Crippen molar-refractivity contribution in [3.63, 3.8) is 0 Å². The normalized spacial score (nSPS) is 15.6. The summed E-state index contributed by atoms with van der Waals surface area (Å²) in [7, 11) is 0. The first-order valence-corrected chi connectivity index (χ1v) is 11.6. The molecule has 8 heteroatoms. The van der Waals surface area contributed by atoms with E-state index in [9.17, 15) is 9.59 Å². The van der Waals surface area contributed by atoms with Crippen LogP contribution in [0, 0.1) is 0 Å². The predicted octanol–water partition coefficient (Wildman–Crippen LogP) is 2.41. The largest absolute Gasteiger partial charge is 0.379 e. The Morgan fingerprint density at radius 2 is 2.00 bits per heavy atom. The first-order valence-electron chi connectivity index (χ1n) is 10.7. The molecular formula is C23H28N4O3S. The Labute approximate surface area is 185 Å². The zero-order valence-electron chi connectivity index (χ0n) is 17.4. The van der Waals surface area contributed by atoms with Gasteiger partial charge >= 0.3 is 0 Å². The number of hydrogen-bond acceptors (Lipinski definition) is 5. The van der Waals surface area contributed by atoms with Gasteiger partial charge in [-0.25, -0.2) is 0 Å². The number of rotatable bonds is 9. The van der Waals surface area contributed by atoms with Gasteiger partial charge in [0.15, 0.2) is 0 Å². The minimum absolute atomic E-state index is 0.155. The molecule has 1 saturated heterocycles. The lowest BCUT2D eigenvalue weighted by Gasteiger charge is -2.26. The molecule has 3 aromatic rings. The molecule has 1 aromatic carbocycles. The topological polar surface area (TPSA) is 86.5 Å². The summed E-state index contributed by atoms with van der Waals surface area (Å²) in [6.45, 7) is 4.93. The number of nitrogens with zero attached hydrogens (tertiary/aromatic N) is 1. The molecule has 2 amide bonds. The van der Waals surface area contributed by atoms with Gasteiger partial charge in [0, 0.05) is 43.2 Å². The van der Waals surface area contributed by atoms with E-state index in [1.54, 1.807) is 6.07 Å². The fourth-order valence-corrected chi connectivity index (χ4v) is 4.46. The van der Waals surface area contributed by atoms with Crippen molar-refractivity contribution in [1.82, 2.24) is 20.5 Å². The fourth-order valence-electron chi connectivity index (χ4n) is 3.83. The minimum atomic E-state index is -0.641. The van der Waals surface area contributed by atoms with Crippen molar-refractivity contribution in [3.8, 4) is 0 Å². The molecule has 4 rings (SSSR count). The van der Waals surface area contributed by atoms with Crippen molar-refractivity contribution in [2.75, 3.05) is 39.4 Å². The van der Waals surface area contributed by atoms with Gasteiger partial charge in [-0.3, -0.25) is 14.5 Å². The smallest absolute Gasteiger partial charge is 0.262 e. The van der Waals surface area contributed by atoms with Crippen molar-refractivity contribution in [2.24, 2.45) is 0 Å². The second-order valence-electron chi connectivity index (χ2n) is 7.67. The average molecular weight is 441 g/mol. The van der Waals surface area contributed by atoms with Crippen LogP contribution in [0.1, 0.15) is 21.7 Å². The number of ether oxygens (including phenoxy) is 1. The van der Waals surface area contributed by atoms with Gasteiger partial charge in [0.25, 0.3) is 5.91 Å². The van der Waals surface area contributed by atoms with Crippen LogP contribution in [0.25, 0.3) is 10.9 Å². The van der Waals surface area contributed by atoms with E-state index in [1.165, 1.54) is 11.3 Å². The van der Waals surface area contributed by atoms with E-state index in [0.29, 0.717) is 17.8 Å². The molecule has 2 aromatic heterocycles. The third-order valence-electron chi connectivity index (χ3n) is 5.52. The summed E-state index contributed by atoms with van der Waals surface area (Å²) in [4.78, 5) is 31.8. The SMILES string of the molecule is O=C(NC(Cc1c[nH]c2ccccc12)C(=O)NCCCN1CCOCC1)c1cccs1. The summed E-state index contributed by atoms with van der Waals surface area (Å²) in [5.74, 6) is -0.375. The number of H-pyrrole nitrogens is 1. The van der Waals surface area contributed by atoms with E-state index in [0.717, 1.165) is 55.7 Å². The molecule has 1 atom stereocenters. The molecule has 0 saturated carbocycles. The summed E-state index contributed by atoms with van der Waals surface area (Å²) in [5, 5.41) is 8.87. The molecule has 0 spiro atoms. The number of thiophene rings is 1.